The zero-order chi connectivity index (χ0) is 16.2. The van der Waals surface area contributed by atoms with Crippen molar-refractivity contribution in [2.24, 2.45) is 4.99 Å². The molecule has 1 saturated heterocycles. The van der Waals surface area contributed by atoms with E-state index in [1.807, 2.05) is 6.08 Å². The Kier molecular flexibility index (Phi) is 9.91. The molecule has 1 rings (SSSR count). The van der Waals surface area contributed by atoms with E-state index in [1.54, 1.807) is 0 Å². The molecule has 128 valence electrons. The molecule has 5 heteroatoms. The lowest BCUT2D eigenvalue weighted by atomic mass is 10.3. The van der Waals surface area contributed by atoms with Gasteiger partial charge >= 0.3 is 0 Å². The molecule has 1 N–H and O–H groups in total. The summed E-state index contributed by atoms with van der Waals surface area (Å²) in [6, 6.07) is 0. The average Bonchev–Trinajstić information content (AvgIpc) is 2.55. The minimum absolute atomic E-state index is 0.875. The third kappa shape index (κ3) is 7.27. The summed E-state index contributed by atoms with van der Waals surface area (Å²) < 4.78 is 0. The number of rotatable bonds is 9. The van der Waals surface area contributed by atoms with Gasteiger partial charge in [-0.25, -0.2) is 0 Å². The minimum Gasteiger partial charge on any atom is -0.357 e. The summed E-state index contributed by atoms with van der Waals surface area (Å²) in [5.41, 5.74) is 0. The van der Waals surface area contributed by atoms with Crippen molar-refractivity contribution in [3.8, 4) is 0 Å². The maximum Gasteiger partial charge on any atom is 0.193 e. The zero-order valence-corrected chi connectivity index (χ0v) is 14.9. The van der Waals surface area contributed by atoms with Gasteiger partial charge in [0.1, 0.15) is 0 Å². The van der Waals surface area contributed by atoms with Gasteiger partial charge in [0, 0.05) is 52.9 Å². The highest BCUT2D eigenvalue weighted by Crippen LogP contribution is 2.01. The SMILES string of the molecule is C=CCCCN(C)C(=NCCN1CCN(CC)CC1)NCC. The zero-order valence-electron chi connectivity index (χ0n) is 14.9. The molecule has 0 spiro atoms. The molecule has 1 aliphatic rings. The quantitative estimate of drug-likeness (QED) is 0.303. The Hall–Kier alpha value is -1.07. The van der Waals surface area contributed by atoms with E-state index in [2.05, 4.69) is 47.5 Å². The van der Waals surface area contributed by atoms with Crippen LogP contribution < -0.4 is 5.32 Å². The van der Waals surface area contributed by atoms with Crippen LogP contribution in [-0.2, 0) is 0 Å². The molecule has 0 radical (unpaired) electrons. The Morgan fingerprint density at radius 2 is 1.91 bits per heavy atom. The molecule has 1 fully saturated rings. The number of nitrogens with zero attached hydrogens (tertiary/aromatic N) is 4. The second-order valence-electron chi connectivity index (χ2n) is 5.86. The number of nitrogens with one attached hydrogen (secondary N) is 1. The van der Waals surface area contributed by atoms with Crippen molar-refractivity contribution in [3.05, 3.63) is 12.7 Å². The summed E-state index contributed by atoms with van der Waals surface area (Å²) in [4.78, 5) is 12.0. The topological polar surface area (TPSA) is 34.1 Å². The van der Waals surface area contributed by atoms with E-state index in [0.29, 0.717) is 0 Å². The van der Waals surface area contributed by atoms with Gasteiger partial charge in [0.15, 0.2) is 5.96 Å². The van der Waals surface area contributed by atoms with Crippen molar-refractivity contribution in [1.29, 1.82) is 0 Å². The van der Waals surface area contributed by atoms with E-state index >= 15 is 0 Å². The third-order valence-corrected chi connectivity index (χ3v) is 4.19. The van der Waals surface area contributed by atoms with Crippen molar-refractivity contribution in [2.75, 3.05) is 66.0 Å². The fourth-order valence-electron chi connectivity index (χ4n) is 2.67. The Balaban J connectivity index is 2.33. The van der Waals surface area contributed by atoms with Crippen molar-refractivity contribution >= 4 is 5.96 Å². The van der Waals surface area contributed by atoms with Crippen molar-refractivity contribution in [1.82, 2.24) is 20.0 Å². The predicted octanol–water partition coefficient (Wildman–Crippen LogP) is 1.49. The van der Waals surface area contributed by atoms with Gasteiger partial charge in [-0.2, -0.15) is 0 Å². The standard InChI is InChI=1S/C17H35N5/c1-5-8-9-11-20(4)17(18-6-2)19-10-12-22-15-13-21(7-3)14-16-22/h5H,1,6-16H2,2-4H3,(H,18,19). The van der Waals surface area contributed by atoms with Gasteiger partial charge in [-0.1, -0.05) is 13.0 Å². The number of hydrogen-bond acceptors (Lipinski definition) is 3. The van der Waals surface area contributed by atoms with Crippen LogP contribution in [0.3, 0.4) is 0 Å². The lowest BCUT2D eigenvalue weighted by Gasteiger charge is -2.33. The van der Waals surface area contributed by atoms with Crippen LogP contribution in [0.4, 0.5) is 0 Å². The highest BCUT2D eigenvalue weighted by atomic mass is 15.3. The van der Waals surface area contributed by atoms with Gasteiger partial charge in [-0.3, -0.25) is 9.89 Å². The molecule has 0 amide bonds. The molecule has 1 heterocycles. The van der Waals surface area contributed by atoms with Gasteiger partial charge in [0.05, 0.1) is 6.54 Å². The minimum atomic E-state index is 0.875. The van der Waals surface area contributed by atoms with E-state index in [4.69, 9.17) is 4.99 Å². The second-order valence-corrected chi connectivity index (χ2v) is 5.86. The van der Waals surface area contributed by atoms with E-state index in [1.165, 1.54) is 32.7 Å². The lowest BCUT2D eigenvalue weighted by Crippen LogP contribution is -2.47. The van der Waals surface area contributed by atoms with Crippen LogP contribution in [0.5, 0.6) is 0 Å². The summed E-state index contributed by atoms with van der Waals surface area (Å²) in [6.07, 6.45) is 4.17. The molecular weight excluding hydrogens is 274 g/mol. The van der Waals surface area contributed by atoms with Gasteiger partial charge in [0.2, 0.25) is 0 Å². The summed E-state index contributed by atoms with van der Waals surface area (Å²) in [5, 5.41) is 3.39. The van der Waals surface area contributed by atoms with E-state index in [-0.39, 0.29) is 0 Å². The first kappa shape index (κ1) is 19.0. The van der Waals surface area contributed by atoms with Crippen LogP contribution in [0.2, 0.25) is 0 Å². The summed E-state index contributed by atoms with van der Waals surface area (Å²) in [5.74, 6) is 1.03. The molecule has 0 aromatic rings. The maximum atomic E-state index is 4.78. The summed E-state index contributed by atoms with van der Waals surface area (Å²) in [7, 11) is 2.12. The Morgan fingerprint density at radius 1 is 1.23 bits per heavy atom. The van der Waals surface area contributed by atoms with Crippen molar-refractivity contribution in [2.45, 2.75) is 26.7 Å². The van der Waals surface area contributed by atoms with Gasteiger partial charge < -0.3 is 15.1 Å². The number of aliphatic imine (C=N–C) groups is 1. The van der Waals surface area contributed by atoms with Gasteiger partial charge in [0.25, 0.3) is 0 Å². The van der Waals surface area contributed by atoms with Crippen molar-refractivity contribution in [3.63, 3.8) is 0 Å². The molecule has 1 aliphatic heterocycles. The van der Waals surface area contributed by atoms with Crippen LogP contribution in [0, 0.1) is 0 Å². The number of allylic oxidation sites excluding steroid dienone is 1. The third-order valence-electron chi connectivity index (χ3n) is 4.19. The molecule has 0 atom stereocenters. The molecule has 22 heavy (non-hydrogen) atoms. The first-order valence-corrected chi connectivity index (χ1v) is 8.76. The van der Waals surface area contributed by atoms with Crippen LogP contribution in [0.25, 0.3) is 0 Å². The maximum absolute atomic E-state index is 4.78. The van der Waals surface area contributed by atoms with E-state index < -0.39 is 0 Å². The molecule has 5 nitrogen and oxygen atoms in total. The molecular formula is C17H35N5. The molecule has 0 bridgehead atoms. The van der Waals surface area contributed by atoms with Gasteiger partial charge in [-0.05, 0) is 26.3 Å². The molecule has 0 aromatic carbocycles. The number of likely N-dealkylation sites (N-methyl/N-ethyl adjacent to an activating group) is 1. The van der Waals surface area contributed by atoms with Crippen LogP contribution >= 0.6 is 0 Å². The molecule has 0 unspecified atom stereocenters. The Morgan fingerprint density at radius 3 is 2.50 bits per heavy atom. The van der Waals surface area contributed by atoms with E-state index in [9.17, 15) is 0 Å². The highest BCUT2D eigenvalue weighted by Gasteiger charge is 2.14. The molecule has 0 aliphatic carbocycles. The fourth-order valence-corrected chi connectivity index (χ4v) is 2.67. The largest absolute Gasteiger partial charge is 0.357 e. The highest BCUT2D eigenvalue weighted by molar-refractivity contribution is 5.79. The molecule has 0 saturated carbocycles. The fraction of sp³-hybridized carbons (Fsp3) is 0.824. The van der Waals surface area contributed by atoms with E-state index in [0.717, 1.165) is 45.0 Å². The monoisotopic (exact) mass is 309 g/mol. The number of guanidine groups is 1. The Bertz CT molecular complexity index is 321. The Labute approximate surface area is 137 Å². The second kappa shape index (κ2) is 11.5. The predicted molar refractivity (Wildman–Crippen MR) is 96.6 cm³/mol. The van der Waals surface area contributed by atoms with Crippen molar-refractivity contribution < 1.29 is 0 Å². The number of piperazine rings is 1. The van der Waals surface area contributed by atoms with Crippen LogP contribution in [0.1, 0.15) is 26.7 Å². The summed E-state index contributed by atoms with van der Waals surface area (Å²) >= 11 is 0. The first-order valence-electron chi connectivity index (χ1n) is 8.76. The first-order chi connectivity index (χ1) is 10.7. The normalized spacial score (nSPS) is 17.5. The smallest absolute Gasteiger partial charge is 0.193 e. The van der Waals surface area contributed by atoms with Crippen LogP contribution in [-0.4, -0.2) is 86.6 Å². The summed E-state index contributed by atoms with van der Waals surface area (Å²) in [6.45, 7) is 17.9. The number of hydrogen-bond donors (Lipinski definition) is 1. The lowest BCUT2D eigenvalue weighted by molar-refractivity contribution is 0.140. The van der Waals surface area contributed by atoms with Gasteiger partial charge in [-0.15, -0.1) is 6.58 Å². The molecule has 0 aromatic heterocycles. The number of unbranched alkanes of at least 4 members (excludes halogenated alkanes) is 1. The average molecular weight is 310 g/mol. The van der Waals surface area contributed by atoms with Crippen LogP contribution in [0.15, 0.2) is 17.6 Å².